The third-order valence-electron chi connectivity index (χ3n) is 4.10. The zero-order valence-corrected chi connectivity index (χ0v) is 11.0. The van der Waals surface area contributed by atoms with Crippen LogP contribution in [0.5, 0.6) is 0 Å². The summed E-state index contributed by atoms with van der Waals surface area (Å²) in [6, 6.07) is 10.0. The summed E-state index contributed by atoms with van der Waals surface area (Å²) in [5, 5.41) is 3.56. The zero-order chi connectivity index (χ0) is 12.7. The Balaban J connectivity index is 1.61. The van der Waals surface area contributed by atoms with Crippen molar-refractivity contribution in [3.05, 3.63) is 24.3 Å². The molecule has 1 N–H and O–H groups in total. The van der Waals surface area contributed by atoms with E-state index in [4.69, 9.17) is 4.42 Å². The molecule has 1 unspecified atom stereocenters. The molecule has 4 nitrogen and oxygen atoms in total. The topological polar surface area (TPSA) is 41.3 Å². The van der Waals surface area contributed by atoms with E-state index in [0.717, 1.165) is 30.2 Å². The van der Waals surface area contributed by atoms with Crippen molar-refractivity contribution in [2.24, 2.45) is 0 Å². The number of benzene rings is 1. The van der Waals surface area contributed by atoms with E-state index in [9.17, 15) is 0 Å². The lowest BCUT2D eigenvalue weighted by molar-refractivity contribution is 0.518. The van der Waals surface area contributed by atoms with Crippen molar-refractivity contribution in [1.82, 2.24) is 10.3 Å². The monoisotopic (exact) mass is 257 g/mol. The molecular weight excluding hydrogens is 238 g/mol. The molecule has 2 fully saturated rings. The van der Waals surface area contributed by atoms with E-state index in [2.05, 4.69) is 15.2 Å². The summed E-state index contributed by atoms with van der Waals surface area (Å²) < 4.78 is 5.93. The number of hydrogen-bond acceptors (Lipinski definition) is 4. The summed E-state index contributed by atoms with van der Waals surface area (Å²) in [6.07, 6.45) is 5.09. The predicted octanol–water partition coefficient (Wildman–Crippen LogP) is 2.55. The molecule has 2 aromatic rings. The Morgan fingerprint density at radius 3 is 2.89 bits per heavy atom. The van der Waals surface area contributed by atoms with Gasteiger partial charge in [0.2, 0.25) is 0 Å². The van der Waals surface area contributed by atoms with Crippen LogP contribution in [0.25, 0.3) is 11.1 Å². The molecule has 4 heteroatoms. The molecule has 1 atom stereocenters. The van der Waals surface area contributed by atoms with Crippen LogP contribution in [-0.4, -0.2) is 30.2 Å². The maximum atomic E-state index is 5.93. The fourth-order valence-corrected chi connectivity index (χ4v) is 2.90. The molecule has 0 spiro atoms. The van der Waals surface area contributed by atoms with Crippen LogP contribution in [0.1, 0.15) is 25.7 Å². The summed E-state index contributed by atoms with van der Waals surface area (Å²) in [5.74, 6) is 0. The van der Waals surface area contributed by atoms with Crippen molar-refractivity contribution in [3.63, 3.8) is 0 Å². The van der Waals surface area contributed by atoms with E-state index >= 15 is 0 Å². The third-order valence-corrected chi connectivity index (χ3v) is 4.10. The fraction of sp³-hybridized carbons (Fsp3) is 0.533. The van der Waals surface area contributed by atoms with Gasteiger partial charge < -0.3 is 14.6 Å². The van der Waals surface area contributed by atoms with Crippen molar-refractivity contribution in [2.45, 2.75) is 37.8 Å². The second kappa shape index (κ2) is 4.53. The predicted molar refractivity (Wildman–Crippen MR) is 75.4 cm³/mol. The van der Waals surface area contributed by atoms with E-state index in [-0.39, 0.29) is 0 Å². The van der Waals surface area contributed by atoms with Gasteiger partial charge in [0.05, 0.1) is 0 Å². The summed E-state index contributed by atoms with van der Waals surface area (Å²) in [5.41, 5.74) is 1.85. The second-order valence-corrected chi connectivity index (χ2v) is 5.64. The Bertz CT molecular complexity index is 537. The largest absolute Gasteiger partial charge is 0.423 e. The molecule has 0 bridgehead atoms. The van der Waals surface area contributed by atoms with Crippen LogP contribution in [0.2, 0.25) is 0 Å². The summed E-state index contributed by atoms with van der Waals surface area (Å²) in [4.78, 5) is 7.01. The van der Waals surface area contributed by atoms with Gasteiger partial charge in [-0.3, -0.25) is 0 Å². The summed E-state index contributed by atoms with van der Waals surface area (Å²) >= 11 is 0. The van der Waals surface area contributed by atoms with Crippen molar-refractivity contribution in [3.8, 4) is 0 Å². The highest BCUT2D eigenvalue weighted by Crippen LogP contribution is 2.33. The van der Waals surface area contributed by atoms with Crippen LogP contribution in [0, 0.1) is 0 Å². The number of nitrogens with zero attached hydrogens (tertiary/aromatic N) is 2. The molecule has 1 aromatic carbocycles. The molecule has 1 aliphatic heterocycles. The van der Waals surface area contributed by atoms with Gasteiger partial charge in [0.15, 0.2) is 5.58 Å². The molecule has 100 valence electrons. The molecule has 1 saturated heterocycles. The van der Waals surface area contributed by atoms with E-state index in [1.54, 1.807) is 0 Å². The Morgan fingerprint density at radius 2 is 2.16 bits per heavy atom. The number of nitrogens with one attached hydrogen (secondary N) is 1. The van der Waals surface area contributed by atoms with Crippen LogP contribution in [0.3, 0.4) is 0 Å². The van der Waals surface area contributed by atoms with Gasteiger partial charge in [-0.1, -0.05) is 12.1 Å². The molecule has 4 rings (SSSR count). The van der Waals surface area contributed by atoms with Gasteiger partial charge in [0.25, 0.3) is 6.01 Å². The zero-order valence-electron chi connectivity index (χ0n) is 11.0. The number of anilines is 1. The van der Waals surface area contributed by atoms with Crippen LogP contribution < -0.4 is 10.2 Å². The van der Waals surface area contributed by atoms with E-state index in [1.807, 2.05) is 24.3 Å². The minimum absolute atomic E-state index is 0.593. The van der Waals surface area contributed by atoms with Crippen LogP contribution in [-0.2, 0) is 0 Å². The lowest BCUT2D eigenvalue weighted by Gasteiger charge is -2.23. The van der Waals surface area contributed by atoms with Crippen molar-refractivity contribution in [1.29, 1.82) is 0 Å². The van der Waals surface area contributed by atoms with Crippen LogP contribution in [0.4, 0.5) is 6.01 Å². The maximum absolute atomic E-state index is 5.93. The average Bonchev–Trinajstić information content (AvgIpc) is 2.99. The first-order valence-electron chi connectivity index (χ1n) is 7.26. The van der Waals surface area contributed by atoms with Crippen molar-refractivity contribution >= 4 is 17.1 Å². The standard InChI is InChI=1S/C15H19N3O/c1-2-6-14-13(5-1)17-15(19-14)18(12-7-8-12)10-11-4-3-9-16-11/h1-2,5-6,11-12,16H,3-4,7-10H2. The highest BCUT2D eigenvalue weighted by molar-refractivity contribution is 5.74. The van der Waals surface area contributed by atoms with Crippen molar-refractivity contribution < 1.29 is 4.42 Å². The molecule has 2 heterocycles. The average molecular weight is 257 g/mol. The quantitative estimate of drug-likeness (QED) is 0.914. The van der Waals surface area contributed by atoms with Crippen LogP contribution >= 0.6 is 0 Å². The number of hydrogen-bond donors (Lipinski definition) is 1. The molecular formula is C15H19N3O. The highest BCUT2D eigenvalue weighted by atomic mass is 16.4. The lowest BCUT2D eigenvalue weighted by atomic mass is 10.2. The Morgan fingerprint density at radius 1 is 1.26 bits per heavy atom. The first kappa shape index (κ1) is 11.3. The summed E-state index contributed by atoms with van der Waals surface area (Å²) in [7, 11) is 0. The highest BCUT2D eigenvalue weighted by Gasteiger charge is 2.34. The Labute approximate surface area is 112 Å². The van der Waals surface area contributed by atoms with Gasteiger partial charge in [0, 0.05) is 18.6 Å². The molecule has 19 heavy (non-hydrogen) atoms. The Hall–Kier alpha value is -1.55. The molecule has 1 saturated carbocycles. The number of para-hydroxylation sites is 2. The van der Waals surface area contributed by atoms with Gasteiger partial charge in [-0.15, -0.1) is 0 Å². The molecule has 2 aliphatic rings. The molecule has 1 aliphatic carbocycles. The first-order valence-corrected chi connectivity index (χ1v) is 7.26. The van der Waals surface area contributed by atoms with E-state index in [0.29, 0.717) is 12.1 Å². The SMILES string of the molecule is c1ccc2oc(N(CC3CCCN3)C3CC3)nc2c1. The second-order valence-electron chi connectivity index (χ2n) is 5.64. The van der Waals surface area contributed by atoms with Gasteiger partial charge in [0.1, 0.15) is 5.52 Å². The van der Waals surface area contributed by atoms with Gasteiger partial charge in [-0.2, -0.15) is 4.98 Å². The van der Waals surface area contributed by atoms with Gasteiger partial charge >= 0.3 is 0 Å². The number of fused-ring (bicyclic) bond motifs is 1. The van der Waals surface area contributed by atoms with E-state index < -0.39 is 0 Å². The summed E-state index contributed by atoms with van der Waals surface area (Å²) in [6.45, 7) is 2.17. The smallest absolute Gasteiger partial charge is 0.298 e. The van der Waals surface area contributed by atoms with E-state index in [1.165, 1.54) is 25.7 Å². The van der Waals surface area contributed by atoms with Gasteiger partial charge in [-0.05, 0) is 44.4 Å². The third kappa shape index (κ3) is 2.21. The van der Waals surface area contributed by atoms with Crippen LogP contribution in [0.15, 0.2) is 28.7 Å². The normalized spacial score (nSPS) is 23.1. The number of aromatic nitrogens is 1. The molecule has 0 radical (unpaired) electrons. The number of rotatable bonds is 4. The minimum atomic E-state index is 0.593. The number of oxazole rings is 1. The maximum Gasteiger partial charge on any atom is 0.298 e. The fourth-order valence-electron chi connectivity index (χ4n) is 2.90. The minimum Gasteiger partial charge on any atom is -0.423 e. The Kier molecular flexibility index (Phi) is 2.69. The van der Waals surface area contributed by atoms with Gasteiger partial charge in [-0.25, -0.2) is 0 Å². The lowest BCUT2D eigenvalue weighted by Crippen LogP contribution is -2.39. The van der Waals surface area contributed by atoms with Crippen molar-refractivity contribution in [2.75, 3.05) is 18.0 Å². The molecule has 0 amide bonds. The molecule has 1 aromatic heterocycles. The first-order chi connectivity index (χ1) is 9.40.